The number of carbonyl (C=O) groups excluding carboxylic acids is 1. The van der Waals surface area contributed by atoms with Gasteiger partial charge in [-0.2, -0.15) is 5.26 Å². The number of benzene rings is 3. The topological polar surface area (TPSA) is 83.6 Å². The molecule has 1 amide bonds. The van der Waals surface area contributed by atoms with E-state index in [1.807, 2.05) is 87.6 Å². The average molecular weight is 460 g/mol. The highest BCUT2D eigenvalue weighted by atomic mass is 16.1. The Bertz CT molecular complexity index is 1620. The SMILES string of the molecule is CNC(=O)c1ccc(-c2ccc3ncc4nc(C)n(-c5ccc(C(C)(C)C#N)cc5)c4c3c2)cc1. The molecule has 0 radical (unpaired) electrons. The lowest BCUT2D eigenvalue weighted by Crippen LogP contribution is -2.17. The van der Waals surface area contributed by atoms with Gasteiger partial charge in [0.15, 0.2) is 0 Å². The molecule has 0 aliphatic heterocycles. The first kappa shape index (κ1) is 22.3. The minimum atomic E-state index is -0.552. The first-order valence-electron chi connectivity index (χ1n) is 11.4. The molecule has 0 aliphatic carbocycles. The quantitative estimate of drug-likeness (QED) is 0.373. The summed E-state index contributed by atoms with van der Waals surface area (Å²) in [5.74, 6) is 0.756. The van der Waals surface area contributed by atoms with Crippen molar-refractivity contribution >= 4 is 27.8 Å². The average Bonchev–Trinajstić information content (AvgIpc) is 3.24. The third kappa shape index (κ3) is 3.81. The summed E-state index contributed by atoms with van der Waals surface area (Å²) in [6.45, 7) is 5.82. The van der Waals surface area contributed by atoms with E-state index in [9.17, 15) is 10.1 Å². The zero-order valence-electron chi connectivity index (χ0n) is 20.1. The van der Waals surface area contributed by atoms with Crippen LogP contribution >= 0.6 is 0 Å². The molecule has 0 saturated carbocycles. The van der Waals surface area contributed by atoms with Crippen LogP contribution in [0.15, 0.2) is 72.9 Å². The molecule has 0 atom stereocenters. The van der Waals surface area contributed by atoms with E-state index in [1.54, 1.807) is 7.05 Å². The summed E-state index contributed by atoms with van der Waals surface area (Å²) in [4.78, 5) is 21.3. The molecule has 2 heterocycles. The van der Waals surface area contributed by atoms with Crippen LogP contribution in [-0.4, -0.2) is 27.5 Å². The largest absolute Gasteiger partial charge is 0.355 e. The molecule has 172 valence electrons. The molecule has 0 aliphatic rings. The van der Waals surface area contributed by atoms with Gasteiger partial charge in [-0.3, -0.25) is 14.3 Å². The van der Waals surface area contributed by atoms with Crippen LogP contribution in [0.25, 0.3) is 38.8 Å². The van der Waals surface area contributed by atoms with E-state index in [1.165, 1.54) is 0 Å². The van der Waals surface area contributed by atoms with Gasteiger partial charge in [0.2, 0.25) is 0 Å². The number of aromatic nitrogens is 3. The fraction of sp³-hybridized carbons (Fsp3) is 0.172. The molecule has 5 aromatic rings. The number of amides is 1. The molecule has 3 aromatic carbocycles. The highest BCUT2D eigenvalue weighted by Crippen LogP contribution is 2.32. The summed E-state index contributed by atoms with van der Waals surface area (Å²) in [7, 11) is 1.63. The van der Waals surface area contributed by atoms with Crippen LogP contribution in [0.5, 0.6) is 0 Å². The fourth-order valence-corrected chi connectivity index (χ4v) is 4.42. The number of hydrogen-bond donors (Lipinski definition) is 1. The van der Waals surface area contributed by atoms with Crippen molar-refractivity contribution in [1.29, 1.82) is 5.26 Å². The van der Waals surface area contributed by atoms with Gasteiger partial charge in [-0.05, 0) is 73.9 Å². The van der Waals surface area contributed by atoms with E-state index in [4.69, 9.17) is 4.98 Å². The standard InChI is InChI=1S/C29H25N5O/c1-18-33-26-16-32-25-14-9-21(19-5-7-20(8-6-19)28(35)31-4)15-24(25)27(26)34(18)23-12-10-22(11-13-23)29(2,3)17-30/h5-16H,1-4H3,(H,31,35). The van der Waals surface area contributed by atoms with Crippen molar-refractivity contribution in [2.45, 2.75) is 26.2 Å². The third-order valence-corrected chi connectivity index (χ3v) is 6.48. The number of carbonyl (C=O) groups is 1. The van der Waals surface area contributed by atoms with E-state index in [-0.39, 0.29) is 5.91 Å². The second-order valence-electron chi connectivity index (χ2n) is 9.16. The molecule has 0 unspecified atom stereocenters. The second kappa shape index (κ2) is 8.37. The van der Waals surface area contributed by atoms with Crippen molar-refractivity contribution in [3.8, 4) is 22.9 Å². The summed E-state index contributed by atoms with van der Waals surface area (Å²) >= 11 is 0. The van der Waals surface area contributed by atoms with Crippen molar-refractivity contribution in [2.24, 2.45) is 0 Å². The first-order valence-corrected chi connectivity index (χ1v) is 11.4. The van der Waals surface area contributed by atoms with Gasteiger partial charge in [-0.25, -0.2) is 4.98 Å². The summed E-state index contributed by atoms with van der Waals surface area (Å²) in [6.07, 6.45) is 1.81. The Hall–Kier alpha value is -4.50. The number of aryl methyl sites for hydroxylation is 1. The molecule has 2 aromatic heterocycles. The van der Waals surface area contributed by atoms with Gasteiger partial charge in [0.05, 0.1) is 28.7 Å². The minimum absolute atomic E-state index is 0.107. The Balaban J connectivity index is 1.66. The number of nitrogens with zero attached hydrogens (tertiary/aromatic N) is 4. The molecule has 0 spiro atoms. The molecule has 1 N–H and O–H groups in total. The zero-order valence-corrected chi connectivity index (χ0v) is 20.1. The van der Waals surface area contributed by atoms with Crippen LogP contribution in [-0.2, 0) is 5.41 Å². The van der Waals surface area contributed by atoms with Crippen molar-refractivity contribution in [1.82, 2.24) is 19.9 Å². The molecule has 0 saturated heterocycles. The number of hydrogen-bond acceptors (Lipinski definition) is 4. The van der Waals surface area contributed by atoms with E-state index < -0.39 is 5.41 Å². The number of pyridine rings is 1. The van der Waals surface area contributed by atoms with E-state index in [2.05, 4.69) is 27.0 Å². The van der Waals surface area contributed by atoms with Gasteiger partial charge < -0.3 is 5.32 Å². The summed E-state index contributed by atoms with van der Waals surface area (Å²) in [5, 5.41) is 13.1. The highest BCUT2D eigenvalue weighted by molar-refractivity contribution is 6.04. The Kier molecular flexibility index (Phi) is 5.33. The maximum absolute atomic E-state index is 11.9. The third-order valence-electron chi connectivity index (χ3n) is 6.48. The van der Waals surface area contributed by atoms with Gasteiger partial charge in [0, 0.05) is 23.7 Å². The molecule has 5 rings (SSSR count). The summed E-state index contributed by atoms with van der Waals surface area (Å²) in [5.41, 5.74) is 6.77. The molecule has 6 nitrogen and oxygen atoms in total. The fourth-order valence-electron chi connectivity index (χ4n) is 4.42. The molecule has 0 fully saturated rings. The normalized spacial score (nSPS) is 11.5. The van der Waals surface area contributed by atoms with Gasteiger partial charge in [-0.15, -0.1) is 0 Å². The predicted molar refractivity (Wildman–Crippen MR) is 139 cm³/mol. The van der Waals surface area contributed by atoms with Crippen molar-refractivity contribution < 1.29 is 4.79 Å². The second-order valence-corrected chi connectivity index (χ2v) is 9.16. The highest BCUT2D eigenvalue weighted by Gasteiger charge is 2.20. The molecular formula is C29H25N5O. The Morgan fingerprint density at radius 2 is 1.66 bits per heavy atom. The lowest BCUT2D eigenvalue weighted by molar-refractivity contribution is 0.0963. The Morgan fingerprint density at radius 1 is 0.971 bits per heavy atom. The number of fused-ring (bicyclic) bond motifs is 3. The van der Waals surface area contributed by atoms with Crippen molar-refractivity contribution in [2.75, 3.05) is 7.05 Å². The smallest absolute Gasteiger partial charge is 0.251 e. The summed E-state index contributed by atoms with van der Waals surface area (Å²) in [6, 6.07) is 24.2. The monoisotopic (exact) mass is 459 g/mol. The number of nitrogens with one attached hydrogen (secondary N) is 1. The van der Waals surface area contributed by atoms with Crippen molar-refractivity contribution in [3.05, 3.63) is 89.9 Å². The lowest BCUT2D eigenvalue weighted by Gasteiger charge is -2.17. The van der Waals surface area contributed by atoms with Crippen LogP contribution < -0.4 is 5.32 Å². The first-order chi connectivity index (χ1) is 16.8. The van der Waals surface area contributed by atoms with Gasteiger partial charge in [-0.1, -0.05) is 30.3 Å². The van der Waals surface area contributed by atoms with Gasteiger partial charge in [0.25, 0.3) is 5.91 Å². The van der Waals surface area contributed by atoms with Crippen LogP contribution in [0.2, 0.25) is 0 Å². The molecular weight excluding hydrogens is 434 g/mol. The Labute approximate surface area is 203 Å². The zero-order chi connectivity index (χ0) is 24.7. The summed E-state index contributed by atoms with van der Waals surface area (Å²) < 4.78 is 2.14. The number of rotatable bonds is 4. The van der Waals surface area contributed by atoms with E-state index >= 15 is 0 Å². The minimum Gasteiger partial charge on any atom is -0.355 e. The van der Waals surface area contributed by atoms with Gasteiger partial charge in [0.1, 0.15) is 11.3 Å². The number of nitriles is 1. The van der Waals surface area contributed by atoms with E-state index in [0.29, 0.717) is 5.56 Å². The van der Waals surface area contributed by atoms with Crippen LogP contribution in [0.3, 0.4) is 0 Å². The van der Waals surface area contributed by atoms with Gasteiger partial charge >= 0.3 is 0 Å². The molecule has 6 heteroatoms. The van der Waals surface area contributed by atoms with E-state index in [0.717, 1.165) is 50.1 Å². The maximum atomic E-state index is 11.9. The predicted octanol–water partition coefficient (Wildman–Crippen LogP) is 5.71. The van der Waals surface area contributed by atoms with Crippen LogP contribution in [0, 0.1) is 18.3 Å². The number of imidazole rings is 1. The lowest BCUT2D eigenvalue weighted by atomic mass is 9.86. The van der Waals surface area contributed by atoms with Crippen LogP contribution in [0.4, 0.5) is 0 Å². The van der Waals surface area contributed by atoms with Crippen LogP contribution in [0.1, 0.15) is 35.6 Å². The maximum Gasteiger partial charge on any atom is 0.251 e. The molecule has 35 heavy (non-hydrogen) atoms. The Morgan fingerprint density at radius 3 is 2.31 bits per heavy atom. The molecule has 0 bridgehead atoms. The van der Waals surface area contributed by atoms with Crippen molar-refractivity contribution in [3.63, 3.8) is 0 Å².